The number of nitrogens with one attached hydrogen (secondary N) is 2. The molecule has 8 nitrogen and oxygen atoms in total. The molecule has 0 radical (unpaired) electrons. The first kappa shape index (κ1) is 18.4. The maximum atomic E-state index is 11.9. The van der Waals surface area contributed by atoms with Gasteiger partial charge in [0.15, 0.2) is 5.69 Å². The third-order valence-electron chi connectivity index (χ3n) is 3.48. The van der Waals surface area contributed by atoms with Gasteiger partial charge >= 0.3 is 12.1 Å². The molecule has 0 bridgehead atoms. The van der Waals surface area contributed by atoms with Gasteiger partial charge in [0, 0.05) is 12.5 Å². The van der Waals surface area contributed by atoms with E-state index in [0.29, 0.717) is 5.56 Å². The lowest BCUT2D eigenvalue weighted by Crippen LogP contribution is -2.99. The van der Waals surface area contributed by atoms with Crippen LogP contribution in [0, 0.1) is 5.21 Å². The van der Waals surface area contributed by atoms with E-state index in [1.165, 1.54) is 12.1 Å². The zero-order chi connectivity index (χ0) is 18.2. The van der Waals surface area contributed by atoms with Crippen molar-refractivity contribution in [2.75, 3.05) is 0 Å². The number of rotatable bonds is 7. The molecule has 0 saturated heterocycles. The molecule has 2 unspecified atom stereocenters. The smallest absolute Gasteiger partial charge is 0.408 e. The van der Waals surface area contributed by atoms with Crippen molar-refractivity contribution < 1.29 is 29.9 Å². The van der Waals surface area contributed by atoms with Gasteiger partial charge in [-0.25, -0.2) is 14.8 Å². The molecule has 0 aromatic heterocycles. The van der Waals surface area contributed by atoms with Crippen molar-refractivity contribution in [2.24, 2.45) is 0 Å². The van der Waals surface area contributed by atoms with Gasteiger partial charge in [-0.05, 0) is 11.6 Å². The molecule has 4 N–H and O–H groups in total. The van der Waals surface area contributed by atoms with E-state index in [9.17, 15) is 19.9 Å². The summed E-state index contributed by atoms with van der Waals surface area (Å²) < 4.78 is 4.96. The van der Waals surface area contributed by atoms with Crippen LogP contribution in [0.25, 0.3) is 0 Å². The fourth-order valence-electron chi connectivity index (χ4n) is 2.23. The van der Waals surface area contributed by atoms with Gasteiger partial charge in [-0.1, -0.05) is 42.5 Å². The molecular formula is C17H18N2O6. The highest BCUT2D eigenvalue weighted by Crippen LogP contribution is 2.11. The number of benzene rings is 2. The van der Waals surface area contributed by atoms with E-state index in [1.54, 1.807) is 42.5 Å². The molecule has 132 valence electrons. The molecule has 0 aliphatic heterocycles. The van der Waals surface area contributed by atoms with Crippen molar-refractivity contribution in [3.05, 3.63) is 70.9 Å². The van der Waals surface area contributed by atoms with E-state index in [-0.39, 0.29) is 18.7 Å². The highest BCUT2D eigenvalue weighted by Gasteiger charge is 2.21. The minimum atomic E-state index is -1.19. The van der Waals surface area contributed by atoms with Gasteiger partial charge in [-0.3, -0.25) is 0 Å². The standard InChI is InChI=1S/C17H18N2O6/c20-16(21)14(10-12-6-2-1-3-7-12)18-17(22)25-11-13-8-4-5-9-15(13)19(23)24/h1-9,14,19,23H,10-11H2,(H,18,22)(H,20,21). The Hall–Kier alpha value is -2.94. The molecule has 8 heteroatoms. The van der Waals surface area contributed by atoms with E-state index < -0.39 is 23.3 Å². The molecule has 1 amide bonds. The van der Waals surface area contributed by atoms with Crippen molar-refractivity contribution in [1.82, 2.24) is 5.32 Å². The zero-order valence-electron chi connectivity index (χ0n) is 13.2. The number of para-hydroxylation sites is 1. The number of aliphatic carboxylic acids is 1. The summed E-state index contributed by atoms with van der Waals surface area (Å²) in [5.74, 6) is -1.19. The summed E-state index contributed by atoms with van der Waals surface area (Å²) in [6, 6.07) is 13.8. The topological polar surface area (TPSA) is 123 Å². The first-order valence-electron chi connectivity index (χ1n) is 7.48. The van der Waals surface area contributed by atoms with Crippen molar-refractivity contribution in [3.8, 4) is 0 Å². The van der Waals surface area contributed by atoms with Crippen LogP contribution in [0.15, 0.2) is 54.6 Å². The molecule has 0 aliphatic carbocycles. The van der Waals surface area contributed by atoms with Gasteiger partial charge in [-0.15, -0.1) is 0 Å². The third-order valence-corrected chi connectivity index (χ3v) is 3.48. The number of quaternary nitrogens is 1. The van der Waals surface area contributed by atoms with Crippen LogP contribution in [-0.4, -0.2) is 28.4 Å². The lowest BCUT2D eigenvalue weighted by Gasteiger charge is -2.17. The van der Waals surface area contributed by atoms with E-state index in [2.05, 4.69) is 5.32 Å². The van der Waals surface area contributed by atoms with Gasteiger partial charge in [0.1, 0.15) is 12.6 Å². The molecular weight excluding hydrogens is 328 g/mol. The van der Waals surface area contributed by atoms with Crippen molar-refractivity contribution in [3.63, 3.8) is 0 Å². The van der Waals surface area contributed by atoms with E-state index in [0.717, 1.165) is 5.56 Å². The fraction of sp³-hybridized carbons (Fsp3) is 0.176. The van der Waals surface area contributed by atoms with Crippen LogP contribution in [0.3, 0.4) is 0 Å². The average molecular weight is 346 g/mol. The quantitative estimate of drug-likeness (QED) is 0.555. The van der Waals surface area contributed by atoms with Crippen LogP contribution in [-0.2, 0) is 22.6 Å². The number of hydrogen-bond donors (Lipinski definition) is 4. The number of carbonyl (C=O) groups is 2. The number of carboxylic acid groups (broad SMARTS) is 1. The van der Waals surface area contributed by atoms with Crippen molar-refractivity contribution >= 4 is 17.7 Å². The largest absolute Gasteiger partial charge is 0.595 e. The van der Waals surface area contributed by atoms with Gasteiger partial charge in [0.25, 0.3) is 0 Å². The van der Waals surface area contributed by atoms with Crippen molar-refractivity contribution in [1.29, 1.82) is 0 Å². The molecule has 2 atom stereocenters. The van der Waals surface area contributed by atoms with E-state index in [4.69, 9.17) is 9.94 Å². The van der Waals surface area contributed by atoms with Crippen LogP contribution in [0.5, 0.6) is 0 Å². The van der Waals surface area contributed by atoms with Crippen LogP contribution >= 0.6 is 0 Å². The van der Waals surface area contributed by atoms with Crippen LogP contribution in [0.1, 0.15) is 11.1 Å². The predicted molar refractivity (Wildman–Crippen MR) is 87.1 cm³/mol. The Bertz CT molecular complexity index is 720. The second-order valence-corrected chi connectivity index (χ2v) is 5.26. The molecule has 25 heavy (non-hydrogen) atoms. The lowest BCUT2D eigenvalue weighted by molar-refractivity contribution is -0.991. The normalized spacial score (nSPS) is 12.9. The third kappa shape index (κ3) is 5.57. The average Bonchev–Trinajstić information content (AvgIpc) is 2.60. The monoisotopic (exact) mass is 346 g/mol. The highest BCUT2D eigenvalue weighted by molar-refractivity contribution is 5.80. The first-order chi connectivity index (χ1) is 12.0. The number of carboxylic acids is 1. The Morgan fingerprint density at radius 3 is 2.40 bits per heavy atom. The molecule has 2 rings (SSSR count). The summed E-state index contributed by atoms with van der Waals surface area (Å²) >= 11 is 0. The Balaban J connectivity index is 1.95. The van der Waals surface area contributed by atoms with Crippen LogP contribution in [0.2, 0.25) is 0 Å². The van der Waals surface area contributed by atoms with E-state index in [1.807, 2.05) is 0 Å². The highest BCUT2D eigenvalue weighted by atomic mass is 16.8. The molecule has 0 aliphatic rings. The fourth-order valence-corrected chi connectivity index (χ4v) is 2.23. The molecule has 2 aromatic carbocycles. The predicted octanol–water partition coefficient (Wildman–Crippen LogP) is 1.01. The minimum absolute atomic E-state index is 0.0226. The summed E-state index contributed by atoms with van der Waals surface area (Å²) in [7, 11) is 0. The Morgan fingerprint density at radius 2 is 1.76 bits per heavy atom. The molecule has 2 aromatic rings. The maximum Gasteiger partial charge on any atom is 0.408 e. The number of ether oxygens (including phenoxy) is 1. The zero-order valence-corrected chi connectivity index (χ0v) is 13.2. The van der Waals surface area contributed by atoms with Gasteiger partial charge in [0.05, 0.1) is 5.56 Å². The Labute approximate surface area is 143 Å². The second kappa shape index (κ2) is 8.78. The summed E-state index contributed by atoms with van der Waals surface area (Å²) in [6.45, 7) is -0.272. The molecule has 0 spiro atoms. The molecule has 0 saturated carbocycles. The van der Waals surface area contributed by atoms with Gasteiger partial charge in [-0.2, -0.15) is 5.23 Å². The van der Waals surface area contributed by atoms with Crippen LogP contribution < -0.4 is 10.5 Å². The number of amides is 1. The van der Waals surface area contributed by atoms with Gasteiger partial charge < -0.3 is 20.4 Å². The summed E-state index contributed by atoms with van der Waals surface area (Å²) in [5, 5.41) is 30.6. The maximum absolute atomic E-state index is 11.9. The Kier molecular flexibility index (Phi) is 6.47. The van der Waals surface area contributed by atoms with Gasteiger partial charge in [0.2, 0.25) is 0 Å². The number of hydrogen-bond acceptors (Lipinski definition) is 5. The number of carbonyl (C=O) groups excluding carboxylic acids is 1. The molecule has 0 heterocycles. The summed E-state index contributed by atoms with van der Waals surface area (Å²) in [4.78, 5) is 23.2. The second-order valence-electron chi connectivity index (χ2n) is 5.26. The summed E-state index contributed by atoms with van der Waals surface area (Å²) in [6.07, 6.45) is -0.819. The number of alkyl carbamates (subject to hydrolysis) is 1. The van der Waals surface area contributed by atoms with Crippen LogP contribution in [0.4, 0.5) is 10.5 Å². The minimum Gasteiger partial charge on any atom is -0.595 e. The summed E-state index contributed by atoms with van der Waals surface area (Å²) in [5.41, 5.74) is 1.10. The lowest BCUT2D eigenvalue weighted by atomic mass is 10.1. The van der Waals surface area contributed by atoms with Crippen molar-refractivity contribution in [2.45, 2.75) is 19.1 Å². The Morgan fingerprint density at radius 1 is 1.12 bits per heavy atom. The molecule has 0 fully saturated rings. The van der Waals surface area contributed by atoms with E-state index >= 15 is 0 Å². The first-order valence-corrected chi connectivity index (χ1v) is 7.48. The SMILES string of the molecule is O=C(NC(Cc1ccccc1)C(=O)O)OCc1ccccc1[NH+]([O-])O.